The summed E-state index contributed by atoms with van der Waals surface area (Å²) in [6.07, 6.45) is 3.76. The first kappa shape index (κ1) is 19.0. The number of hydrogen-bond donors (Lipinski definition) is 1. The van der Waals surface area contributed by atoms with Crippen molar-refractivity contribution in [2.24, 2.45) is 0 Å². The zero-order valence-electron chi connectivity index (χ0n) is 15.5. The third-order valence-corrected chi connectivity index (χ3v) is 4.37. The van der Waals surface area contributed by atoms with Gasteiger partial charge in [-0.1, -0.05) is 32.9 Å². The van der Waals surface area contributed by atoms with Crippen LogP contribution in [0.15, 0.2) is 23.6 Å². The lowest BCUT2D eigenvalue weighted by Gasteiger charge is -2.14. The summed E-state index contributed by atoms with van der Waals surface area (Å²) in [6.45, 7) is 8.17. The van der Waals surface area contributed by atoms with Crippen LogP contribution in [0, 0.1) is 0 Å². The number of amides is 1. The molecule has 1 aromatic heterocycles. The highest BCUT2D eigenvalue weighted by Crippen LogP contribution is 2.34. The number of anilines is 1. The zero-order valence-corrected chi connectivity index (χ0v) is 16.3. The van der Waals surface area contributed by atoms with Gasteiger partial charge in [-0.2, -0.15) is 0 Å². The van der Waals surface area contributed by atoms with Gasteiger partial charge < -0.3 is 9.47 Å². The monoisotopic (exact) mass is 360 g/mol. The molecule has 0 spiro atoms. The molecular weight excluding hydrogens is 336 g/mol. The second kappa shape index (κ2) is 7.70. The van der Waals surface area contributed by atoms with E-state index in [0.717, 1.165) is 11.3 Å². The lowest BCUT2D eigenvalue weighted by atomic mass is 9.93. The van der Waals surface area contributed by atoms with Crippen LogP contribution in [0.3, 0.4) is 0 Å². The van der Waals surface area contributed by atoms with E-state index in [1.54, 1.807) is 26.4 Å². The number of allylic oxidation sites excluding steroid dienone is 1. The molecule has 0 bridgehead atoms. The molecule has 134 valence electrons. The number of ether oxygens (including phenoxy) is 2. The van der Waals surface area contributed by atoms with Crippen LogP contribution in [0.25, 0.3) is 6.08 Å². The Bertz CT molecular complexity index is 788. The van der Waals surface area contributed by atoms with Gasteiger partial charge in [0, 0.05) is 21.9 Å². The van der Waals surface area contributed by atoms with Crippen LogP contribution < -0.4 is 14.8 Å². The Hall–Kier alpha value is -2.34. The Morgan fingerprint density at radius 2 is 1.96 bits per heavy atom. The van der Waals surface area contributed by atoms with Gasteiger partial charge in [0.25, 0.3) is 5.91 Å². The molecule has 1 amide bonds. The Balaban J connectivity index is 2.32. The minimum absolute atomic E-state index is 0.0537. The Morgan fingerprint density at radius 1 is 1.24 bits per heavy atom. The maximum Gasteiger partial charge on any atom is 0.257 e. The molecule has 0 fully saturated rings. The van der Waals surface area contributed by atoms with Crippen molar-refractivity contribution in [3.8, 4) is 11.5 Å². The lowest BCUT2D eigenvalue weighted by Crippen LogP contribution is -2.14. The smallest absolute Gasteiger partial charge is 0.257 e. The van der Waals surface area contributed by atoms with Crippen molar-refractivity contribution in [3.63, 3.8) is 0 Å². The normalized spacial score (nSPS) is 11.6. The minimum atomic E-state index is -0.235. The van der Waals surface area contributed by atoms with Crippen molar-refractivity contribution >= 4 is 28.5 Å². The highest BCUT2D eigenvalue weighted by Gasteiger charge is 2.19. The number of hydrogen-bond acceptors (Lipinski definition) is 5. The van der Waals surface area contributed by atoms with Crippen molar-refractivity contribution < 1.29 is 14.3 Å². The number of nitrogens with zero attached hydrogens (tertiary/aromatic N) is 1. The predicted molar refractivity (Wildman–Crippen MR) is 103 cm³/mol. The first-order valence-electron chi connectivity index (χ1n) is 7.96. The maximum absolute atomic E-state index is 12.6. The standard InChI is InChI=1S/C19H24N2O3S/c1-7-8-12-9-13(10-14(23-5)16(12)24-6)17(22)21-18-20-15(11-25-18)19(2,3)4/h7-11H,1-6H3,(H,20,21,22)/b8-7+. The SMILES string of the molecule is C/C=C/c1cc(C(=O)Nc2nc(C(C)(C)C)cs2)cc(OC)c1OC. The van der Waals surface area contributed by atoms with Crippen LogP contribution in [0.2, 0.25) is 0 Å². The van der Waals surface area contributed by atoms with Gasteiger partial charge in [0.05, 0.1) is 19.9 Å². The number of benzene rings is 1. The molecule has 0 atom stereocenters. The third-order valence-electron chi connectivity index (χ3n) is 3.61. The third kappa shape index (κ3) is 4.39. The predicted octanol–water partition coefficient (Wildman–Crippen LogP) is 4.74. The molecule has 0 aliphatic rings. The Labute approximate surface area is 152 Å². The fourth-order valence-corrected chi connectivity index (χ4v) is 3.21. The number of carbonyl (C=O) groups excluding carboxylic acids is 1. The van der Waals surface area contributed by atoms with Gasteiger partial charge in [-0.15, -0.1) is 11.3 Å². The second-order valence-electron chi connectivity index (χ2n) is 6.54. The van der Waals surface area contributed by atoms with Crippen molar-refractivity contribution in [1.82, 2.24) is 4.98 Å². The van der Waals surface area contributed by atoms with E-state index in [-0.39, 0.29) is 11.3 Å². The average Bonchev–Trinajstić information content (AvgIpc) is 3.03. The number of methoxy groups -OCH3 is 2. The van der Waals surface area contributed by atoms with E-state index in [0.29, 0.717) is 22.2 Å². The number of carbonyl (C=O) groups is 1. The summed E-state index contributed by atoms with van der Waals surface area (Å²) >= 11 is 1.42. The molecular formula is C19H24N2O3S. The summed E-state index contributed by atoms with van der Waals surface area (Å²) < 4.78 is 10.8. The molecule has 25 heavy (non-hydrogen) atoms. The van der Waals surface area contributed by atoms with Crippen LogP contribution in [-0.4, -0.2) is 25.1 Å². The average molecular weight is 360 g/mol. The summed E-state index contributed by atoms with van der Waals surface area (Å²) in [7, 11) is 3.13. The molecule has 0 radical (unpaired) electrons. The molecule has 0 saturated carbocycles. The molecule has 1 aromatic carbocycles. The zero-order chi connectivity index (χ0) is 18.6. The van der Waals surface area contributed by atoms with Gasteiger partial charge in [0.1, 0.15) is 0 Å². The van der Waals surface area contributed by atoms with Gasteiger partial charge in [0.15, 0.2) is 16.6 Å². The molecule has 0 aliphatic carbocycles. The van der Waals surface area contributed by atoms with Gasteiger partial charge in [0.2, 0.25) is 0 Å². The minimum Gasteiger partial charge on any atom is -0.493 e. The summed E-state index contributed by atoms with van der Waals surface area (Å²) in [5, 5.41) is 5.41. The quantitative estimate of drug-likeness (QED) is 0.836. The van der Waals surface area contributed by atoms with Gasteiger partial charge in [-0.25, -0.2) is 4.98 Å². The first-order valence-corrected chi connectivity index (χ1v) is 8.84. The number of aromatic nitrogens is 1. The molecule has 0 aliphatic heterocycles. The topological polar surface area (TPSA) is 60.5 Å². The molecule has 0 unspecified atom stereocenters. The molecule has 1 N–H and O–H groups in total. The van der Waals surface area contributed by atoms with E-state index in [1.807, 2.05) is 24.5 Å². The number of rotatable bonds is 5. The lowest BCUT2D eigenvalue weighted by molar-refractivity contribution is 0.102. The summed E-state index contributed by atoms with van der Waals surface area (Å²) in [4.78, 5) is 17.1. The summed E-state index contributed by atoms with van der Waals surface area (Å²) in [5.41, 5.74) is 2.17. The van der Waals surface area contributed by atoms with Crippen molar-refractivity contribution in [3.05, 3.63) is 40.4 Å². The van der Waals surface area contributed by atoms with E-state index < -0.39 is 0 Å². The highest BCUT2D eigenvalue weighted by atomic mass is 32.1. The summed E-state index contributed by atoms with van der Waals surface area (Å²) in [6, 6.07) is 3.44. The second-order valence-corrected chi connectivity index (χ2v) is 7.40. The number of thiazole rings is 1. The number of nitrogens with one attached hydrogen (secondary N) is 1. The Kier molecular flexibility index (Phi) is 5.85. The molecule has 0 saturated heterocycles. The van der Waals surface area contributed by atoms with Gasteiger partial charge in [-0.05, 0) is 19.1 Å². The fourth-order valence-electron chi connectivity index (χ4n) is 2.27. The van der Waals surface area contributed by atoms with Crippen molar-refractivity contribution in [1.29, 1.82) is 0 Å². The van der Waals surface area contributed by atoms with Crippen LogP contribution in [0.1, 0.15) is 49.3 Å². The van der Waals surface area contributed by atoms with Crippen LogP contribution in [-0.2, 0) is 5.41 Å². The van der Waals surface area contributed by atoms with Crippen LogP contribution >= 0.6 is 11.3 Å². The van der Waals surface area contributed by atoms with E-state index in [2.05, 4.69) is 31.1 Å². The van der Waals surface area contributed by atoms with Gasteiger partial charge >= 0.3 is 0 Å². The molecule has 2 aromatic rings. The van der Waals surface area contributed by atoms with Crippen molar-refractivity contribution in [2.75, 3.05) is 19.5 Å². The Morgan fingerprint density at radius 3 is 2.48 bits per heavy atom. The highest BCUT2D eigenvalue weighted by molar-refractivity contribution is 7.14. The van der Waals surface area contributed by atoms with E-state index in [9.17, 15) is 4.79 Å². The largest absolute Gasteiger partial charge is 0.493 e. The van der Waals surface area contributed by atoms with E-state index in [4.69, 9.17) is 9.47 Å². The molecule has 2 rings (SSSR count). The molecule has 1 heterocycles. The van der Waals surface area contributed by atoms with E-state index in [1.165, 1.54) is 11.3 Å². The molecule has 6 heteroatoms. The molecule has 5 nitrogen and oxygen atoms in total. The van der Waals surface area contributed by atoms with Crippen molar-refractivity contribution in [2.45, 2.75) is 33.1 Å². The fraction of sp³-hybridized carbons (Fsp3) is 0.368. The first-order chi connectivity index (χ1) is 11.8. The van der Waals surface area contributed by atoms with Gasteiger partial charge in [-0.3, -0.25) is 10.1 Å². The van der Waals surface area contributed by atoms with Crippen LogP contribution in [0.5, 0.6) is 11.5 Å². The van der Waals surface area contributed by atoms with Crippen LogP contribution in [0.4, 0.5) is 5.13 Å². The maximum atomic E-state index is 12.6. The van der Waals surface area contributed by atoms with E-state index >= 15 is 0 Å². The summed E-state index contributed by atoms with van der Waals surface area (Å²) in [5.74, 6) is 0.876.